The molecular weight excluding hydrogens is 436 g/mol. The summed E-state index contributed by atoms with van der Waals surface area (Å²) in [6.07, 6.45) is 4.99. The van der Waals surface area contributed by atoms with E-state index in [2.05, 4.69) is 20.9 Å². The predicted octanol–water partition coefficient (Wildman–Crippen LogP) is 1.43. The second kappa shape index (κ2) is 10.7. The second-order valence-electron chi connectivity index (χ2n) is 9.05. The van der Waals surface area contributed by atoms with Crippen LogP contribution in [-0.4, -0.2) is 63.4 Å². The zero-order valence-electron chi connectivity index (χ0n) is 19.7. The van der Waals surface area contributed by atoms with Gasteiger partial charge in [0.1, 0.15) is 17.5 Å². The lowest BCUT2D eigenvalue weighted by atomic mass is 10.1. The lowest BCUT2D eigenvalue weighted by Crippen LogP contribution is -2.45. The molecule has 0 radical (unpaired) electrons. The van der Waals surface area contributed by atoms with Crippen molar-refractivity contribution in [1.29, 1.82) is 0 Å². The summed E-state index contributed by atoms with van der Waals surface area (Å²) in [7, 11) is 0. The van der Waals surface area contributed by atoms with Crippen LogP contribution in [0.15, 0.2) is 24.4 Å². The fraction of sp³-hybridized carbons (Fsp3) is 0.542. The third-order valence-electron chi connectivity index (χ3n) is 5.99. The fourth-order valence-electron chi connectivity index (χ4n) is 3.89. The highest BCUT2D eigenvalue weighted by Crippen LogP contribution is 2.31. The van der Waals surface area contributed by atoms with E-state index in [1.165, 1.54) is 0 Å². The molecule has 1 aromatic carbocycles. The van der Waals surface area contributed by atoms with Gasteiger partial charge in [0, 0.05) is 32.0 Å². The van der Waals surface area contributed by atoms with Crippen molar-refractivity contribution in [2.75, 3.05) is 19.7 Å². The predicted molar refractivity (Wildman–Crippen MR) is 124 cm³/mol. The van der Waals surface area contributed by atoms with Gasteiger partial charge in [0.05, 0.1) is 24.9 Å². The van der Waals surface area contributed by atoms with Crippen molar-refractivity contribution in [1.82, 2.24) is 30.5 Å². The van der Waals surface area contributed by atoms with Crippen LogP contribution in [0.25, 0.3) is 0 Å². The van der Waals surface area contributed by atoms with Crippen LogP contribution in [0.4, 0.5) is 0 Å². The molecule has 0 saturated heterocycles. The molecule has 10 heteroatoms. The first kappa shape index (κ1) is 23.7. The van der Waals surface area contributed by atoms with Crippen molar-refractivity contribution >= 4 is 17.7 Å². The normalized spacial score (nSPS) is 20.6. The maximum atomic E-state index is 12.8. The Bertz CT molecular complexity index is 1050. The topological polar surface area (TPSA) is 118 Å². The van der Waals surface area contributed by atoms with Gasteiger partial charge in [0.25, 0.3) is 5.91 Å². The molecule has 2 bridgehead atoms. The van der Waals surface area contributed by atoms with Gasteiger partial charge < -0.3 is 20.3 Å². The molecule has 2 aliphatic rings. The first-order chi connectivity index (χ1) is 16.4. The van der Waals surface area contributed by atoms with E-state index in [1.54, 1.807) is 22.6 Å². The summed E-state index contributed by atoms with van der Waals surface area (Å²) in [5.74, 6) is 0.0795. The zero-order chi connectivity index (χ0) is 24.1. The summed E-state index contributed by atoms with van der Waals surface area (Å²) in [5.41, 5.74) is 2.10. The van der Waals surface area contributed by atoms with Gasteiger partial charge >= 0.3 is 0 Å². The van der Waals surface area contributed by atoms with E-state index in [4.69, 9.17) is 4.74 Å². The molecule has 0 unspecified atom stereocenters. The molecule has 2 N–H and O–H groups in total. The number of rotatable bonds is 1. The van der Waals surface area contributed by atoms with Crippen molar-refractivity contribution in [3.8, 4) is 5.75 Å². The average Bonchev–Trinajstić information content (AvgIpc) is 3.57. The highest BCUT2D eigenvalue weighted by Gasteiger charge is 2.33. The van der Waals surface area contributed by atoms with E-state index in [0.717, 1.165) is 24.1 Å². The third kappa shape index (κ3) is 6.12. The second-order valence-corrected chi connectivity index (χ2v) is 9.05. The smallest absolute Gasteiger partial charge is 0.255 e. The highest BCUT2D eigenvalue weighted by atomic mass is 16.5. The molecule has 1 aliphatic heterocycles. The molecule has 10 nitrogen and oxygen atoms in total. The number of carbonyl (C=O) groups excluding carboxylic acids is 3. The molecule has 2 aromatic rings. The van der Waals surface area contributed by atoms with Gasteiger partial charge in [-0.3, -0.25) is 19.1 Å². The minimum absolute atomic E-state index is 0.101. The number of nitrogens with one attached hydrogen (secondary N) is 2. The van der Waals surface area contributed by atoms with Gasteiger partial charge in [-0.1, -0.05) is 11.3 Å². The van der Waals surface area contributed by atoms with Crippen molar-refractivity contribution in [3.05, 3.63) is 41.2 Å². The van der Waals surface area contributed by atoms with Crippen LogP contribution >= 0.6 is 0 Å². The van der Waals surface area contributed by atoms with Crippen LogP contribution in [0.2, 0.25) is 0 Å². The number of aryl methyl sites for hydroxylation is 2. The fourth-order valence-corrected chi connectivity index (χ4v) is 3.89. The molecule has 1 aliphatic carbocycles. The van der Waals surface area contributed by atoms with Gasteiger partial charge in [-0.2, -0.15) is 0 Å². The Hall–Kier alpha value is -3.43. The van der Waals surface area contributed by atoms with Gasteiger partial charge in [-0.25, -0.2) is 0 Å². The number of amides is 3. The number of hydrogen-bond acceptors (Lipinski definition) is 6. The number of nitrogens with zero attached hydrogens (tertiary/aromatic N) is 4. The van der Waals surface area contributed by atoms with E-state index >= 15 is 0 Å². The van der Waals surface area contributed by atoms with E-state index in [9.17, 15) is 14.4 Å². The van der Waals surface area contributed by atoms with Gasteiger partial charge in [-0.05, 0) is 50.8 Å². The van der Waals surface area contributed by atoms with Crippen LogP contribution < -0.4 is 15.4 Å². The molecule has 1 atom stereocenters. The Morgan fingerprint density at radius 1 is 1.18 bits per heavy atom. The Morgan fingerprint density at radius 3 is 2.79 bits per heavy atom. The number of benzene rings is 1. The summed E-state index contributed by atoms with van der Waals surface area (Å²) in [6.45, 7) is 5.89. The number of hydrogen-bond donors (Lipinski definition) is 2. The standard InChI is InChI=1S/C24H32N6O4/c1-16-5-8-20-21(13-16)34-12-4-11-30-15-19(27-28-30)14-29(24(33)18-6-7-18)10-3-9-25-22(31)17(2)26-23(20)32/h5,8,13,15,17-18H,3-4,6-7,9-12,14H2,1-2H3,(H,25,31)(H,26,32)/t17-/m1/s1. The number of fused-ring (bicyclic) bond motifs is 3. The van der Waals surface area contributed by atoms with E-state index in [0.29, 0.717) is 56.9 Å². The Balaban J connectivity index is 1.49. The summed E-state index contributed by atoms with van der Waals surface area (Å²) in [4.78, 5) is 39.9. The molecule has 2 heterocycles. The maximum absolute atomic E-state index is 12.8. The molecule has 182 valence electrons. The van der Waals surface area contributed by atoms with Crippen LogP contribution in [0.3, 0.4) is 0 Å². The summed E-state index contributed by atoms with van der Waals surface area (Å²) in [6, 6.07) is 4.67. The van der Waals surface area contributed by atoms with Crippen molar-refractivity contribution in [3.63, 3.8) is 0 Å². The van der Waals surface area contributed by atoms with E-state index in [-0.39, 0.29) is 23.6 Å². The maximum Gasteiger partial charge on any atom is 0.255 e. The summed E-state index contributed by atoms with van der Waals surface area (Å²) < 4.78 is 7.67. The van der Waals surface area contributed by atoms with Gasteiger partial charge in [-0.15, -0.1) is 5.10 Å². The molecule has 1 saturated carbocycles. The minimum atomic E-state index is -0.706. The molecule has 1 aromatic heterocycles. The Kier molecular flexibility index (Phi) is 7.44. The first-order valence-electron chi connectivity index (χ1n) is 11.9. The number of carbonyl (C=O) groups is 3. The Morgan fingerprint density at radius 2 is 2.00 bits per heavy atom. The summed E-state index contributed by atoms with van der Waals surface area (Å²) >= 11 is 0. The molecule has 4 rings (SSSR count). The minimum Gasteiger partial charge on any atom is -0.493 e. The van der Waals surface area contributed by atoms with Crippen molar-refractivity contribution < 1.29 is 19.1 Å². The lowest BCUT2D eigenvalue weighted by molar-refractivity contribution is -0.133. The number of ether oxygens (including phenoxy) is 1. The SMILES string of the molecule is Cc1ccc2c(c1)OCCCn1cc(nn1)CN(C(=O)C1CC1)CCCNC(=O)[C@@H](C)NC2=O. The van der Waals surface area contributed by atoms with Gasteiger partial charge in [0.15, 0.2) is 0 Å². The molecule has 0 spiro atoms. The largest absolute Gasteiger partial charge is 0.493 e. The van der Waals surface area contributed by atoms with Crippen molar-refractivity contribution in [2.24, 2.45) is 5.92 Å². The van der Waals surface area contributed by atoms with Crippen LogP contribution in [0.1, 0.15) is 54.2 Å². The molecule has 1 fully saturated rings. The van der Waals surface area contributed by atoms with Crippen LogP contribution in [0, 0.1) is 12.8 Å². The monoisotopic (exact) mass is 468 g/mol. The number of aromatic nitrogens is 3. The highest BCUT2D eigenvalue weighted by molar-refractivity contribution is 5.99. The third-order valence-corrected chi connectivity index (χ3v) is 5.99. The van der Waals surface area contributed by atoms with E-state index in [1.807, 2.05) is 25.3 Å². The van der Waals surface area contributed by atoms with Crippen LogP contribution in [-0.2, 0) is 22.7 Å². The van der Waals surface area contributed by atoms with E-state index < -0.39 is 6.04 Å². The molecular formula is C24H32N6O4. The quantitative estimate of drug-likeness (QED) is 0.654. The van der Waals surface area contributed by atoms with Crippen molar-refractivity contribution in [2.45, 2.75) is 58.7 Å². The molecule has 34 heavy (non-hydrogen) atoms. The molecule has 3 amide bonds. The lowest BCUT2D eigenvalue weighted by Gasteiger charge is -2.22. The Labute approximate surface area is 199 Å². The summed E-state index contributed by atoms with van der Waals surface area (Å²) in [5, 5.41) is 14.0. The van der Waals surface area contributed by atoms with Crippen LogP contribution in [0.5, 0.6) is 5.75 Å². The average molecular weight is 469 g/mol. The van der Waals surface area contributed by atoms with Gasteiger partial charge in [0.2, 0.25) is 11.8 Å². The first-order valence-corrected chi connectivity index (χ1v) is 11.9. The zero-order valence-corrected chi connectivity index (χ0v) is 19.7.